The molecule has 1 N–H and O–H groups in total. The van der Waals surface area contributed by atoms with Crippen molar-refractivity contribution in [3.63, 3.8) is 0 Å². The average Bonchev–Trinajstić information content (AvgIpc) is 3.66. The summed E-state index contributed by atoms with van der Waals surface area (Å²) in [7, 11) is 3.10. The maximum atomic E-state index is 13.8. The summed E-state index contributed by atoms with van der Waals surface area (Å²) in [4.78, 5) is 44.6. The Labute approximate surface area is 234 Å². The van der Waals surface area contributed by atoms with E-state index in [2.05, 4.69) is 4.98 Å². The molecule has 3 heterocycles. The van der Waals surface area contributed by atoms with Crippen molar-refractivity contribution >= 4 is 40.6 Å². The molecule has 2 aromatic carbocycles. The first-order valence-electron chi connectivity index (χ1n) is 12.8. The number of benzene rings is 2. The molecule has 0 radical (unpaired) electrons. The minimum Gasteiger partial charge on any atom is -0.493 e. The second-order valence-electron chi connectivity index (χ2n) is 10.6. The van der Waals surface area contributed by atoms with E-state index < -0.39 is 35.4 Å². The topological polar surface area (TPSA) is 88.7 Å². The lowest BCUT2D eigenvalue weighted by molar-refractivity contribution is -0.137. The van der Waals surface area contributed by atoms with Gasteiger partial charge in [-0.3, -0.25) is 19.3 Å². The van der Waals surface area contributed by atoms with Gasteiger partial charge in [-0.05, 0) is 60.1 Å². The van der Waals surface area contributed by atoms with Crippen LogP contribution in [0.1, 0.15) is 28.3 Å². The second kappa shape index (κ2) is 8.87. The number of carbonyl (C=O) groups is 2. The molecule has 2 saturated carbocycles. The van der Waals surface area contributed by atoms with Crippen molar-refractivity contribution in [2.45, 2.75) is 28.8 Å². The van der Waals surface area contributed by atoms with E-state index in [1.54, 1.807) is 26.0 Å². The molecular formula is C28H23F3N2O5S2. The number of hydrogen-bond donors (Lipinski definition) is 1. The number of hydrogen-bond acceptors (Lipinski definition) is 7. The van der Waals surface area contributed by atoms with E-state index in [0.717, 1.165) is 43.8 Å². The molecule has 2 aliphatic heterocycles. The number of aromatic amines is 1. The Morgan fingerprint density at radius 2 is 1.68 bits per heavy atom. The molecule has 7 rings (SSSR count). The minimum atomic E-state index is -4.59. The zero-order chi connectivity index (χ0) is 28.1. The van der Waals surface area contributed by atoms with Gasteiger partial charge in [-0.25, -0.2) is 0 Å². The van der Waals surface area contributed by atoms with Gasteiger partial charge in [0.05, 0.1) is 42.3 Å². The van der Waals surface area contributed by atoms with Crippen LogP contribution in [0.25, 0.3) is 0 Å². The van der Waals surface area contributed by atoms with Crippen LogP contribution in [0.15, 0.2) is 52.3 Å². The zero-order valence-corrected chi connectivity index (χ0v) is 22.9. The van der Waals surface area contributed by atoms with Crippen LogP contribution in [0.2, 0.25) is 0 Å². The number of rotatable bonds is 4. The van der Waals surface area contributed by atoms with Gasteiger partial charge in [0.25, 0.3) is 0 Å². The molecule has 2 amide bonds. The maximum Gasteiger partial charge on any atom is 0.416 e. The molecule has 3 aromatic rings. The van der Waals surface area contributed by atoms with E-state index in [9.17, 15) is 27.6 Å². The lowest BCUT2D eigenvalue weighted by atomic mass is 9.68. The van der Waals surface area contributed by atoms with Crippen LogP contribution in [-0.4, -0.2) is 36.3 Å². The fourth-order valence-corrected chi connectivity index (χ4v) is 10.4. The van der Waals surface area contributed by atoms with Gasteiger partial charge < -0.3 is 14.5 Å². The first-order chi connectivity index (χ1) is 19.1. The Hall–Kier alpha value is -3.25. The number of imide groups is 1. The summed E-state index contributed by atoms with van der Waals surface area (Å²) in [5, 5.41) is 0.729. The van der Waals surface area contributed by atoms with Gasteiger partial charge in [-0.1, -0.05) is 23.5 Å². The number of nitrogens with zero attached hydrogens (tertiary/aromatic N) is 1. The number of halogens is 3. The number of amides is 2. The smallest absolute Gasteiger partial charge is 0.416 e. The van der Waals surface area contributed by atoms with Gasteiger partial charge >= 0.3 is 11.0 Å². The van der Waals surface area contributed by atoms with Gasteiger partial charge in [-0.15, -0.1) is 11.8 Å². The number of ether oxygens (including phenoxy) is 2. The summed E-state index contributed by atoms with van der Waals surface area (Å²) in [6.07, 6.45) is -3.92. The highest BCUT2D eigenvalue weighted by Gasteiger charge is 2.69. The molecule has 3 fully saturated rings. The summed E-state index contributed by atoms with van der Waals surface area (Å²) in [5.74, 6) is -1.55. The molecule has 2 bridgehead atoms. The van der Waals surface area contributed by atoms with Crippen molar-refractivity contribution in [1.29, 1.82) is 0 Å². The van der Waals surface area contributed by atoms with Crippen molar-refractivity contribution < 1.29 is 32.2 Å². The highest BCUT2D eigenvalue weighted by atomic mass is 32.2. The Kier molecular flexibility index (Phi) is 5.70. The molecule has 1 saturated heterocycles. The van der Waals surface area contributed by atoms with Crippen LogP contribution in [-0.2, 0) is 15.8 Å². The van der Waals surface area contributed by atoms with Gasteiger partial charge in [0, 0.05) is 16.0 Å². The molecule has 0 spiro atoms. The summed E-state index contributed by atoms with van der Waals surface area (Å²) in [6.45, 7) is 0. The lowest BCUT2D eigenvalue weighted by Gasteiger charge is -2.43. The highest BCUT2D eigenvalue weighted by molar-refractivity contribution is 8.00. The fourth-order valence-electron chi connectivity index (χ4n) is 7.51. The number of thioether (sulfide) groups is 1. The molecule has 2 aliphatic carbocycles. The SMILES string of the molecule is COc1ccc([C@@H]2c3sc(=O)[nH]c3S[C@@H]3[C@@H]4C[C@@H]([C@@H]5C(=O)N(c6cccc(C(F)(F)F)c6)C(=O)[C@@H]45)[C@@H]23)cc1OC. The van der Waals surface area contributed by atoms with Crippen LogP contribution in [0.5, 0.6) is 11.5 Å². The third-order valence-electron chi connectivity index (χ3n) is 8.92. The molecule has 4 aliphatic rings. The fraction of sp³-hybridized carbons (Fsp3) is 0.393. The van der Waals surface area contributed by atoms with Crippen LogP contribution < -0.4 is 19.2 Å². The minimum absolute atomic E-state index is 0.0414. The average molecular weight is 589 g/mol. The van der Waals surface area contributed by atoms with E-state index in [0.29, 0.717) is 17.9 Å². The second-order valence-corrected chi connectivity index (χ2v) is 12.8. The van der Waals surface area contributed by atoms with Crippen LogP contribution in [0.4, 0.5) is 18.9 Å². The first-order valence-corrected chi connectivity index (χ1v) is 14.5. The van der Waals surface area contributed by atoms with Gasteiger partial charge in [0.15, 0.2) is 11.5 Å². The predicted molar refractivity (Wildman–Crippen MR) is 142 cm³/mol. The van der Waals surface area contributed by atoms with E-state index >= 15 is 0 Å². The number of carbonyl (C=O) groups excluding carboxylic acids is 2. The number of anilines is 1. The van der Waals surface area contributed by atoms with Crippen molar-refractivity contribution in [2.75, 3.05) is 19.1 Å². The van der Waals surface area contributed by atoms with Crippen LogP contribution >= 0.6 is 23.1 Å². The zero-order valence-electron chi connectivity index (χ0n) is 21.2. The largest absolute Gasteiger partial charge is 0.493 e. The van der Waals surface area contributed by atoms with Gasteiger partial charge in [-0.2, -0.15) is 13.2 Å². The van der Waals surface area contributed by atoms with Crippen LogP contribution in [0, 0.1) is 29.6 Å². The monoisotopic (exact) mass is 588 g/mol. The Morgan fingerprint density at radius 1 is 0.950 bits per heavy atom. The lowest BCUT2D eigenvalue weighted by Crippen LogP contribution is -2.42. The third kappa shape index (κ3) is 3.54. The van der Waals surface area contributed by atoms with Crippen molar-refractivity contribution in [1.82, 2.24) is 4.98 Å². The number of aromatic nitrogens is 1. The molecule has 7 nitrogen and oxygen atoms in total. The molecule has 40 heavy (non-hydrogen) atoms. The van der Waals surface area contributed by atoms with E-state index in [4.69, 9.17) is 9.47 Å². The van der Waals surface area contributed by atoms with E-state index in [-0.39, 0.29) is 39.5 Å². The number of alkyl halides is 3. The maximum absolute atomic E-state index is 13.8. The molecule has 12 heteroatoms. The molecule has 7 atom stereocenters. The predicted octanol–water partition coefficient (Wildman–Crippen LogP) is 5.15. The number of methoxy groups -OCH3 is 2. The summed E-state index contributed by atoms with van der Waals surface area (Å²) in [6, 6.07) is 10.0. The normalized spacial score (nSPS) is 30.3. The Bertz CT molecular complexity index is 1620. The highest BCUT2D eigenvalue weighted by Crippen LogP contribution is 2.68. The van der Waals surface area contributed by atoms with Gasteiger partial charge in [0.1, 0.15) is 0 Å². The number of H-pyrrole nitrogens is 1. The van der Waals surface area contributed by atoms with Crippen LogP contribution in [0.3, 0.4) is 0 Å². The Morgan fingerprint density at radius 3 is 2.38 bits per heavy atom. The van der Waals surface area contributed by atoms with E-state index in [1.165, 1.54) is 12.1 Å². The standard InChI is InChI=1S/C28H23F3N2O5S2/c1-37-16-7-6-11(8-17(16)38-2)18-19-14-10-15(22(19)39-24-23(18)40-27(36)32-24)21-20(14)25(34)33(26(21)35)13-5-3-4-12(9-13)28(29,30)31/h3-9,14-15,18-22H,10H2,1-2H3,(H,32,36)/t14-,15-,18+,19+,20+,21+,22-/m1/s1. The molecule has 208 valence electrons. The van der Waals surface area contributed by atoms with Crippen molar-refractivity contribution in [2.24, 2.45) is 29.6 Å². The molecular weight excluding hydrogens is 565 g/mol. The van der Waals surface area contributed by atoms with Crippen molar-refractivity contribution in [3.8, 4) is 11.5 Å². The number of fused-ring (bicyclic) bond motifs is 9. The van der Waals surface area contributed by atoms with Crippen molar-refractivity contribution in [3.05, 3.63) is 68.1 Å². The number of thiazole rings is 1. The molecule has 0 unspecified atom stereocenters. The van der Waals surface area contributed by atoms with Gasteiger partial charge in [0.2, 0.25) is 11.8 Å². The summed E-state index contributed by atoms with van der Waals surface area (Å²) >= 11 is 2.70. The Balaban J connectivity index is 1.30. The third-order valence-corrected chi connectivity index (χ3v) is 11.5. The number of nitrogens with one attached hydrogen (secondary N) is 1. The molecule has 1 aromatic heterocycles. The first kappa shape index (κ1) is 25.7. The summed E-state index contributed by atoms with van der Waals surface area (Å²) in [5.41, 5.74) is -0.0362. The van der Waals surface area contributed by atoms with E-state index in [1.807, 2.05) is 18.2 Å². The summed E-state index contributed by atoms with van der Waals surface area (Å²) < 4.78 is 51.2. The quantitative estimate of drug-likeness (QED) is 0.424.